The van der Waals surface area contributed by atoms with E-state index in [-0.39, 0.29) is 24.6 Å². The number of hydrogen-bond donors (Lipinski definition) is 0. The van der Waals surface area contributed by atoms with E-state index in [1.807, 2.05) is 27.7 Å². The van der Waals surface area contributed by atoms with Crippen LogP contribution in [0.3, 0.4) is 0 Å². The first-order chi connectivity index (χ1) is 12.2. The maximum absolute atomic E-state index is 12.8. The summed E-state index contributed by atoms with van der Waals surface area (Å²) in [6.45, 7) is 7.96. The Hall–Kier alpha value is -1.61. The topological polar surface area (TPSA) is 41.9 Å². The summed E-state index contributed by atoms with van der Waals surface area (Å²) in [5.74, 6) is 2.63. The highest BCUT2D eigenvalue weighted by atomic mass is 35.5. The van der Waals surface area contributed by atoms with Crippen molar-refractivity contribution in [1.29, 1.82) is 0 Å². The number of hydrogen-bond acceptors (Lipinski definition) is 4. The maximum atomic E-state index is 12.8. The normalized spacial score (nSPS) is 17.7. The number of nitrogens with zero attached hydrogens (tertiary/aromatic N) is 2. The molecule has 1 amide bonds. The Kier molecular flexibility index (Phi) is 7.05. The molecule has 0 atom stereocenters. The SMILES string of the molecule is C#CCOc1c(Cl)cc(/C=C2/SC(=NC(C)C)N(C(C)C)C2=O)cc1Cl. The van der Waals surface area contributed by atoms with Gasteiger partial charge >= 0.3 is 0 Å². The highest BCUT2D eigenvalue weighted by molar-refractivity contribution is 8.18. The van der Waals surface area contributed by atoms with Gasteiger partial charge in [0.05, 0.1) is 15.0 Å². The van der Waals surface area contributed by atoms with Crippen molar-refractivity contribution in [2.75, 3.05) is 6.61 Å². The van der Waals surface area contributed by atoms with Gasteiger partial charge < -0.3 is 4.74 Å². The van der Waals surface area contributed by atoms with Crippen LogP contribution in [0.4, 0.5) is 0 Å². The Morgan fingerprint density at radius 2 is 1.92 bits per heavy atom. The molecule has 26 heavy (non-hydrogen) atoms. The first-order valence-corrected chi connectivity index (χ1v) is 9.68. The summed E-state index contributed by atoms with van der Waals surface area (Å²) in [4.78, 5) is 19.6. The zero-order valence-electron chi connectivity index (χ0n) is 15.0. The molecule has 1 heterocycles. The quantitative estimate of drug-likeness (QED) is 0.501. The predicted molar refractivity (Wildman–Crippen MR) is 111 cm³/mol. The smallest absolute Gasteiger partial charge is 0.266 e. The molecule has 0 aliphatic carbocycles. The Morgan fingerprint density at radius 1 is 1.31 bits per heavy atom. The van der Waals surface area contributed by atoms with Crippen molar-refractivity contribution in [2.45, 2.75) is 39.8 Å². The highest BCUT2D eigenvalue weighted by Crippen LogP contribution is 2.38. The van der Waals surface area contributed by atoms with Crippen molar-refractivity contribution >= 4 is 52.1 Å². The Bertz CT molecular complexity index is 787. The summed E-state index contributed by atoms with van der Waals surface area (Å²) < 4.78 is 5.35. The molecule has 0 spiro atoms. The van der Waals surface area contributed by atoms with Crippen LogP contribution < -0.4 is 4.74 Å². The summed E-state index contributed by atoms with van der Waals surface area (Å²) in [7, 11) is 0. The van der Waals surface area contributed by atoms with E-state index in [9.17, 15) is 4.79 Å². The molecule has 0 N–H and O–H groups in total. The lowest BCUT2D eigenvalue weighted by Crippen LogP contribution is -2.35. The summed E-state index contributed by atoms with van der Waals surface area (Å²) in [5.41, 5.74) is 0.707. The van der Waals surface area contributed by atoms with E-state index in [0.717, 1.165) is 0 Å². The Labute approximate surface area is 168 Å². The van der Waals surface area contributed by atoms with Crippen LogP contribution in [0.1, 0.15) is 33.3 Å². The van der Waals surface area contributed by atoms with Crippen LogP contribution in [-0.2, 0) is 4.79 Å². The van der Waals surface area contributed by atoms with Gasteiger partial charge in [-0.05, 0) is 63.2 Å². The molecule has 1 aliphatic heterocycles. The molecule has 0 saturated carbocycles. The molecule has 0 radical (unpaired) electrons. The van der Waals surface area contributed by atoms with Crippen molar-refractivity contribution < 1.29 is 9.53 Å². The molecule has 0 unspecified atom stereocenters. The average Bonchev–Trinajstić information content (AvgIpc) is 2.81. The zero-order chi connectivity index (χ0) is 19.4. The second-order valence-electron chi connectivity index (χ2n) is 6.19. The van der Waals surface area contributed by atoms with Gasteiger partial charge in [-0.2, -0.15) is 0 Å². The van der Waals surface area contributed by atoms with Crippen LogP contribution in [0.5, 0.6) is 5.75 Å². The third-order valence-corrected chi connectivity index (χ3v) is 4.90. The lowest BCUT2D eigenvalue weighted by atomic mass is 10.2. The number of carbonyl (C=O) groups excluding carboxylic acids is 1. The molecule has 0 aromatic heterocycles. The molecule has 4 nitrogen and oxygen atoms in total. The minimum absolute atomic E-state index is 0.0186. The van der Waals surface area contributed by atoms with E-state index in [0.29, 0.717) is 31.4 Å². The molecule has 0 bridgehead atoms. The highest BCUT2D eigenvalue weighted by Gasteiger charge is 2.35. The molecule has 1 aromatic rings. The summed E-state index contributed by atoms with van der Waals surface area (Å²) >= 11 is 13.8. The van der Waals surface area contributed by atoms with Gasteiger partial charge in [0, 0.05) is 12.1 Å². The number of halogens is 2. The number of ether oxygens (including phenoxy) is 1. The van der Waals surface area contributed by atoms with E-state index in [2.05, 4.69) is 10.9 Å². The minimum atomic E-state index is -0.0793. The second kappa shape index (κ2) is 8.85. The van der Waals surface area contributed by atoms with Gasteiger partial charge in [0.15, 0.2) is 10.9 Å². The monoisotopic (exact) mass is 410 g/mol. The second-order valence-corrected chi connectivity index (χ2v) is 8.01. The van der Waals surface area contributed by atoms with Gasteiger partial charge in [0.1, 0.15) is 6.61 Å². The summed E-state index contributed by atoms with van der Waals surface area (Å²) in [5, 5.41) is 1.39. The van der Waals surface area contributed by atoms with Gasteiger partial charge in [-0.3, -0.25) is 14.7 Å². The third kappa shape index (κ3) is 4.76. The van der Waals surface area contributed by atoms with Gasteiger partial charge in [-0.1, -0.05) is 29.1 Å². The third-order valence-electron chi connectivity index (χ3n) is 3.34. The first kappa shape index (κ1) is 20.7. The molecule has 138 valence electrons. The van der Waals surface area contributed by atoms with Crippen molar-refractivity contribution in [3.8, 4) is 18.1 Å². The van der Waals surface area contributed by atoms with Gasteiger partial charge in [0.2, 0.25) is 0 Å². The van der Waals surface area contributed by atoms with Crippen LogP contribution in [0, 0.1) is 12.3 Å². The molecule has 2 rings (SSSR count). The maximum Gasteiger partial charge on any atom is 0.266 e. The zero-order valence-corrected chi connectivity index (χ0v) is 17.4. The molecular formula is C19H20Cl2N2O2S. The number of amides is 1. The summed E-state index contributed by atoms with van der Waals surface area (Å²) in [6, 6.07) is 3.50. The van der Waals surface area contributed by atoms with Gasteiger partial charge in [-0.25, -0.2) is 0 Å². The fourth-order valence-corrected chi connectivity index (χ4v) is 4.16. The van der Waals surface area contributed by atoms with Crippen molar-refractivity contribution in [2.24, 2.45) is 4.99 Å². The van der Waals surface area contributed by atoms with Crippen molar-refractivity contribution in [3.63, 3.8) is 0 Å². The van der Waals surface area contributed by atoms with Gasteiger partial charge in [0.25, 0.3) is 5.91 Å². The van der Waals surface area contributed by atoms with E-state index < -0.39 is 0 Å². The number of rotatable bonds is 5. The molecule has 1 aliphatic rings. The number of amidine groups is 1. The number of benzene rings is 1. The first-order valence-electron chi connectivity index (χ1n) is 8.10. The minimum Gasteiger partial charge on any atom is -0.478 e. The standard InChI is InChI=1S/C19H20Cl2N2O2S/c1-6-7-25-17-14(20)8-13(9-15(17)21)10-16-18(24)23(12(4)5)19(26-16)22-11(2)3/h1,8-12H,7H2,2-5H3/b16-10+,22-19?. The van der Waals surface area contributed by atoms with Crippen LogP contribution in [0.15, 0.2) is 22.0 Å². The fraction of sp³-hybridized carbons (Fsp3) is 0.368. The van der Waals surface area contributed by atoms with E-state index in [1.165, 1.54) is 11.8 Å². The lowest BCUT2D eigenvalue weighted by Gasteiger charge is -2.20. The Balaban J connectivity index is 2.38. The lowest BCUT2D eigenvalue weighted by molar-refractivity contribution is -0.123. The number of thioether (sulfide) groups is 1. The largest absolute Gasteiger partial charge is 0.478 e. The molecule has 7 heteroatoms. The van der Waals surface area contributed by atoms with E-state index in [4.69, 9.17) is 34.4 Å². The molecule has 1 fully saturated rings. The predicted octanol–water partition coefficient (Wildman–Crippen LogP) is 5.09. The van der Waals surface area contributed by atoms with Crippen LogP contribution in [-0.4, -0.2) is 34.7 Å². The van der Waals surface area contributed by atoms with Crippen molar-refractivity contribution in [3.05, 3.63) is 32.6 Å². The average molecular weight is 411 g/mol. The van der Waals surface area contributed by atoms with Crippen LogP contribution >= 0.6 is 35.0 Å². The van der Waals surface area contributed by atoms with Crippen LogP contribution in [0.2, 0.25) is 10.0 Å². The van der Waals surface area contributed by atoms with Crippen molar-refractivity contribution in [1.82, 2.24) is 4.90 Å². The molecular weight excluding hydrogens is 391 g/mol. The van der Waals surface area contributed by atoms with E-state index >= 15 is 0 Å². The van der Waals surface area contributed by atoms with E-state index in [1.54, 1.807) is 23.1 Å². The molecule has 1 saturated heterocycles. The summed E-state index contributed by atoms with van der Waals surface area (Å²) in [6.07, 6.45) is 6.95. The number of aliphatic imine (C=N–C) groups is 1. The number of terminal acetylenes is 1. The fourth-order valence-electron chi connectivity index (χ4n) is 2.32. The number of carbonyl (C=O) groups is 1. The van der Waals surface area contributed by atoms with Crippen LogP contribution in [0.25, 0.3) is 6.08 Å². The molecule has 1 aromatic carbocycles. The van der Waals surface area contributed by atoms with Gasteiger partial charge in [-0.15, -0.1) is 6.42 Å². The Morgan fingerprint density at radius 3 is 2.42 bits per heavy atom.